The molecule has 214 valence electrons. The molecule has 0 saturated carbocycles. The summed E-state index contributed by atoms with van der Waals surface area (Å²) in [5, 5.41) is 0.756. The average molecular weight is 751 g/mol. The normalized spacial score (nSPS) is 12.0. The van der Waals surface area contributed by atoms with Gasteiger partial charge < -0.3 is 0 Å². The predicted octanol–water partition coefficient (Wildman–Crippen LogP) is 10.3. The van der Waals surface area contributed by atoms with Crippen molar-refractivity contribution < 1.29 is 0 Å². The molecule has 0 spiro atoms. The minimum absolute atomic E-state index is 0.445. The molecule has 0 bridgehead atoms. The first-order valence-corrected chi connectivity index (χ1v) is 20.7. The number of halogens is 1. The van der Waals surface area contributed by atoms with Gasteiger partial charge in [0.2, 0.25) is 0 Å². The van der Waals surface area contributed by atoms with E-state index in [0.717, 1.165) is 10.6 Å². The molecule has 3 aromatic rings. The van der Waals surface area contributed by atoms with Gasteiger partial charge in [-0.3, -0.25) is 0 Å². The molecule has 0 amide bonds. The third-order valence-corrected chi connectivity index (χ3v) is 16.9. The van der Waals surface area contributed by atoms with E-state index in [1.54, 1.807) is 6.54 Å². The Bertz CT molecular complexity index is 1230. The van der Waals surface area contributed by atoms with Crippen molar-refractivity contribution in [3.8, 4) is 9.55 Å². The molecule has 0 heterocycles. The first-order valence-electron chi connectivity index (χ1n) is 15.2. The van der Waals surface area contributed by atoms with E-state index in [-0.39, 0.29) is 0 Å². The Morgan fingerprint density at radius 3 is 1.10 bits per heavy atom. The Morgan fingerprint density at radius 1 is 0.500 bits per heavy atom. The molecule has 0 aliphatic carbocycles. The molecule has 3 aromatic carbocycles. The van der Waals surface area contributed by atoms with E-state index >= 15 is 0 Å². The number of rotatable bonds is 8. The third kappa shape index (κ3) is 7.61. The van der Waals surface area contributed by atoms with Crippen molar-refractivity contribution >= 4 is 39.9 Å². The van der Waals surface area contributed by atoms with Crippen molar-refractivity contribution in [2.24, 2.45) is 0 Å². The van der Waals surface area contributed by atoms with Crippen molar-refractivity contribution in [2.75, 3.05) is 0 Å². The molecule has 0 aromatic heterocycles. The van der Waals surface area contributed by atoms with Crippen molar-refractivity contribution in [3.63, 3.8) is 0 Å². The van der Waals surface area contributed by atoms with Gasteiger partial charge in [0.25, 0.3) is 0 Å². The van der Waals surface area contributed by atoms with Crippen LogP contribution in [0.4, 0.5) is 0 Å². The van der Waals surface area contributed by atoms with Gasteiger partial charge in [0.1, 0.15) is 0 Å². The van der Waals surface area contributed by atoms with Gasteiger partial charge in [-0.05, 0) is 0 Å². The zero-order chi connectivity index (χ0) is 29.9. The summed E-state index contributed by atoms with van der Waals surface area (Å²) in [5.41, 5.74) is 10.1. The molecule has 0 nitrogen and oxygen atoms in total. The van der Waals surface area contributed by atoms with Crippen LogP contribution < -0.4 is 6.54 Å². The van der Waals surface area contributed by atoms with Crippen LogP contribution in [0.15, 0.2) is 48.5 Å². The standard InChI is InChI=1S/2C15H23.C8H4Cl.Bi/c2*1-10(2)13-7-14(11(3)4)9-15(8-13)12(5)6;1-2-7-3-5-8(9)6-4-7;/h2*7-8,10-12H,1-6H3;3-6H;. The van der Waals surface area contributed by atoms with Gasteiger partial charge in [0, 0.05) is 0 Å². The molecule has 2 heteroatoms. The van der Waals surface area contributed by atoms with E-state index in [1.807, 2.05) is 12.1 Å². The molecule has 40 heavy (non-hydrogen) atoms. The van der Waals surface area contributed by atoms with Crippen molar-refractivity contribution in [3.05, 3.63) is 92.5 Å². The van der Waals surface area contributed by atoms with Crippen molar-refractivity contribution in [1.29, 1.82) is 0 Å². The van der Waals surface area contributed by atoms with E-state index in [4.69, 9.17) is 11.6 Å². The summed E-state index contributed by atoms with van der Waals surface area (Å²) < 4.78 is 7.31. The van der Waals surface area contributed by atoms with Gasteiger partial charge >= 0.3 is 261 Å². The van der Waals surface area contributed by atoms with E-state index in [0.29, 0.717) is 35.5 Å². The maximum atomic E-state index is 6.23. The molecule has 0 fully saturated rings. The summed E-state index contributed by atoms with van der Waals surface area (Å²) >= 11 is 3.29. The van der Waals surface area contributed by atoms with E-state index < -0.39 is 21.8 Å². The van der Waals surface area contributed by atoms with Crippen LogP contribution in [0.5, 0.6) is 0 Å². The zero-order valence-corrected chi connectivity index (χ0v) is 31.1. The molecule has 0 radical (unpaired) electrons. The Hall–Kier alpha value is -1.61. The van der Waals surface area contributed by atoms with Crippen LogP contribution >= 0.6 is 11.6 Å². The van der Waals surface area contributed by atoms with Crippen LogP contribution in [0.25, 0.3) is 0 Å². The molecule has 0 atom stereocenters. The first-order chi connectivity index (χ1) is 18.7. The van der Waals surface area contributed by atoms with Gasteiger partial charge in [0.15, 0.2) is 0 Å². The first kappa shape index (κ1) is 32.9. The fourth-order valence-electron chi connectivity index (χ4n) is 5.23. The molecule has 0 unspecified atom stereocenters. The third-order valence-electron chi connectivity index (χ3n) is 7.81. The van der Waals surface area contributed by atoms with Gasteiger partial charge in [-0.1, -0.05) is 0 Å². The van der Waals surface area contributed by atoms with E-state index in [1.165, 1.54) is 33.4 Å². The fourth-order valence-corrected chi connectivity index (χ4v) is 17.1. The van der Waals surface area contributed by atoms with Gasteiger partial charge in [-0.2, -0.15) is 0 Å². The topological polar surface area (TPSA) is 0 Å². The van der Waals surface area contributed by atoms with Crippen LogP contribution in [-0.2, 0) is 0 Å². The van der Waals surface area contributed by atoms with E-state index in [2.05, 4.69) is 129 Å². The number of benzene rings is 3. The van der Waals surface area contributed by atoms with Crippen LogP contribution in [0.2, 0.25) is 5.02 Å². The Labute approximate surface area is 259 Å². The molecular formula is C38H50BiCl. The second kappa shape index (κ2) is 14.0. The maximum absolute atomic E-state index is 6.23. The summed E-state index contributed by atoms with van der Waals surface area (Å²) in [5.74, 6) is 6.47. The summed E-state index contributed by atoms with van der Waals surface area (Å²) in [4.78, 5) is 0. The molecular weight excluding hydrogens is 701 g/mol. The van der Waals surface area contributed by atoms with Crippen LogP contribution in [-0.4, -0.2) is 21.8 Å². The van der Waals surface area contributed by atoms with Gasteiger partial charge in [-0.25, -0.2) is 0 Å². The second-order valence-corrected chi connectivity index (χ2v) is 20.5. The van der Waals surface area contributed by atoms with E-state index in [9.17, 15) is 0 Å². The van der Waals surface area contributed by atoms with Crippen molar-refractivity contribution in [2.45, 2.75) is 119 Å². The molecule has 3 rings (SSSR count). The predicted molar refractivity (Wildman–Crippen MR) is 181 cm³/mol. The average Bonchev–Trinajstić information content (AvgIpc) is 2.88. The molecule has 0 N–H and O–H groups in total. The number of hydrogen-bond donors (Lipinski definition) is 0. The summed E-state index contributed by atoms with van der Waals surface area (Å²) in [6.45, 7) is 28.3. The molecule has 0 aliphatic rings. The Morgan fingerprint density at radius 2 is 0.825 bits per heavy atom. The SMILES string of the molecule is CC(C)c1cc(C(C)C)[c]([Bi]([C]#Cc2ccc(Cl)cc2)[c]2c(C(C)C)cc(C(C)C)cc2C(C)C)c(C(C)C)c1. The molecule has 0 aliphatic heterocycles. The summed E-state index contributed by atoms with van der Waals surface area (Å²) in [6, 6.07) is 18.2. The second-order valence-electron chi connectivity index (χ2n) is 13.1. The van der Waals surface area contributed by atoms with Crippen molar-refractivity contribution in [1.82, 2.24) is 0 Å². The van der Waals surface area contributed by atoms with Gasteiger partial charge in [-0.15, -0.1) is 0 Å². The van der Waals surface area contributed by atoms with Crippen LogP contribution in [0, 0.1) is 9.55 Å². The van der Waals surface area contributed by atoms with Gasteiger partial charge in [0.05, 0.1) is 0 Å². The minimum atomic E-state index is -2.94. The Balaban J connectivity index is 2.54. The molecule has 0 saturated heterocycles. The number of hydrogen-bond acceptors (Lipinski definition) is 0. The quantitative estimate of drug-likeness (QED) is 0.159. The zero-order valence-electron chi connectivity index (χ0n) is 26.9. The van der Waals surface area contributed by atoms with Crippen LogP contribution in [0.1, 0.15) is 158 Å². The summed E-state index contributed by atoms with van der Waals surface area (Å²) in [6.07, 6.45) is 0. The summed E-state index contributed by atoms with van der Waals surface area (Å²) in [7, 11) is 0. The Kier molecular flexibility index (Phi) is 11.5. The fraction of sp³-hybridized carbons (Fsp3) is 0.474. The van der Waals surface area contributed by atoms with Crippen LogP contribution in [0.3, 0.4) is 0 Å². The monoisotopic (exact) mass is 750 g/mol.